The van der Waals surface area contributed by atoms with Crippen molar-refractivity contribution in [3.05, 3.63) is 89.5 Å². The van der Waals surface area contributed by atoms with Crippen LogP contribution in [0.5, 0.6) is 0 Å². The Morgan fingerprint density at radius 2 is 2.03 bits per heavy atom. The Morgan fingerprint density at radius 3 is 2.73 bits per heavy atom. The summed E-state index contributed by atoms with van der Waals surface area (Å²) >= 11 is 0. The van der Waals surface area contributed by atoms with E-state index < -0.39 is 0 Å². The van der Waals surface area contributed by atoms with Gasteiger partial charge in [-0.25, -0.2) is 4.99 Å². The van der Waals surface area contributed by atoms with Crippen molar-refractivity contribution in [2.24, 2.45) is 4.99 Å². The fraction of sp³-hybridized carbons (Fsp3) is 0.400. The van der Waals surface area contributed by atoms with Crippen molar-refractivity contribution < 1.29 is 14.3 Å². The van der Waals surface area contributed by atoms with Crippen LogP contribution in [0.1, 0.15) is 25.8 Å². The standard InChI is InChI=1S/C30H38N4O3/c1-21(2)15-25-16-22(3)29(37-27-9-10-33(5)20-27)19-28(25)32-23(4)31-26-8-6-7-24(17-26)18-30(35)34-11-13-36-14-12-34/h6-8,15-17,19,27,31H,1,4,9-14,18,20H2,2-3,5H3/b25-15-,32-28?/t27-/m1/s1. The molecule has 1 N–H and O–H groups in total. The van der Waals surface area contributed by atoms with E-state index in [-0.39, 0.29) is 12.0 Å². The SMILES string of the molecule is C=C(C)/C=C1/C=C(C)C(O[C@@H]2CCN(C)C2)=CC1=NC(=C)Nc1cccc(CC(=O)N2CCOCC2)c1. The predicted octanol–water partition coefficient (Wildman–Crippen LogP) is 4.48. The van der Waals surface area contributed by atoms with Crippen LogP contribution in [0.2, 0.25) is 0 Å². The van der Waals surface area contributed by atoms with Crippen molar-refractivity contribution >= 4 is 17.3 Å². The minimum absolute atomic E-state index is 0.115. The number of anilines is 1. The second-order valence-corrected chi connectivity index (χ2v) is 10.0. The van der Waals surface area contributed by atoms with Gasteiger partial charge in [-0.3, -0.25) is 4.79 Å². The van der Waals surface area contributed by atoms with Gasteiger partial charge >= 0.3 is 0 Å². The van der Waals surface area contributed by atoms with Crippen LogP contribution >= 0.6 is 0 Å². The number of rotatable bonds is 8. The highest BCUT2D eigenvalue weighted by molar-refractivity contribution is 6.13. The van der Waals surface area contributed by atoms with E-state index in [1.54, 1.807) is 0 Å². The Bertz CT molecular complexity index is 1170. The molecule has 1 amide bonds. The fourth-order valence-electron chi connectivity index (χ4n) is 4.67. The van der Waals surface area contributed by atoms with Crippen LogP contribution < -0.4 is 5.32 Å². The van der Waals surface area contributed by atoms with E-state index in [0.29, 0.717) is 38.5 Å². The maximum atomic E-state index is 12.7. The van der Waals surface area contributed by atoms with Gasteiger partial charge in [0.2, 0.25) is 5.91 Å². The molecule has 2 heterocycles. The number of morpholine rings is 1. The van der Waals surface area contributed by atoms with E-state index in [2.05, 4.69) is 43.4 Å². The van der Waals surface area contributed by atoms with Gasteiger partial charge in [0.25, 0.3) is 0 Å². The molecule has 7 heteroatoms. The molecular formula is C30H38N4O3. The summed E-state index contributed by atoms with van der Waals surface area (Å²) in [6.07, 6.45) is 7.65. The average Bonchev–Trinajstić information content (AvgIpc) is 3.26. The summed E-state index contributed by atoms with van der Waals surface area (Å²) in [5, 5.41) is 3.29. The lowest BCUT2D eigenvalue weighted by Crippen LogP contribution is -2.41. The summed E-state index contributed by atoms with van der Waals surface area (Å²) in [6, 6.07) is 7.83. The van der Waals surface area contributed by atoms with Crippen LogP contribution in [0.4, 0.5) is 5.69 Å². The topological polar surface area (TPSA) is 66.4 Å². The van der Waals surface area contributed by atoms with Gasteiger partial charge in [0, 0.05) is 43.5 Å². The second kappa shape index (κ2) is 12.2. The predicted molar refractivity (Wildman–Crippen MR) is 149 cm³/mol. The number of carbonyl (C=O) groups is 1. The number of hydrogen-bond donors (Lipinski definition) is 1. The number of allylic oxidation sites excluding steroid dienone is 6. The molecule has 1 aromatic carbocycles. The highest BCUT2D eigenvalue weighted by Gasteiger charge is 2.24. The van der Waals surface area contributed by atoms with Gasteiger partial charge in [0.15, 0.2) is 0 Å². The number of ether oxygens (including phenoxy) is 2. The molecule has 0 spiro atoms. The Labute approximate surface area is 220 Å². The van der Waals surface area contributed by atoms with Gasteiger partial charge in [-0.2, -0.15) is 0 Å². The highest BCUT2D eigenvalue weighted by atomic mass is 16.5. The molecule has 1 aromatic rings. The third-order valence-corrected chi connectivity index (χ3v) is 6.56. The normalized spacial score (nSPS) is 22.6. The largest absolute Gasteiger partial charge is 0.489 e. The lowest BCUT2D eigenvalue weighted by atomic mass is 9.97. The Balaban J connectivity index is 1.47. The lowest BCUT2D eigenvalue weighted by molar-refractivity contribution is -0.134. The zero-order chi connectivity index (χ0) is 26.4. The Hall–Kier alpha value is -3.42. The smallest absolute Gasteiger partial charge is 0.227 e. The van der Waals surface area contributed by atoms with Crippen LogP contribution in [0.25, 0.3) is 0 Å². The number of nitrogens with zero attached hydrogens (tertiary/aromatic N) is 3. The number of likely N-dealkylation sites (tertiary alicyclic amines) is 1. The van der Waals surface area contributed by atoms with Gasteiger partial charge in [-0.05, 0) is 56.7 Å². The minimum atomic E-state index is 0.115. The number of benzene rings is 1. The summed E-state index contributed by atoms with van der Waals surface area (Å²) in [7, 11) is 2.12. The van der Waals surface area contributed by atoms with Crippen molar-refractivity contribution in [2.45, 2.75) is 32.8 Å². The summed E-state index contributed by atoms with van der Waals surface area (Å²) in [4.78, 5) is 21.6. The minimum Gasteiger partial charge on any atom is -0.489 e. The molecule has 1 atom stereocenters. The van der Waals surface area contributed by atoms with Crippen LogP contribution in [-0.2, 0) is 20.7 Å². The lowest BCUT2D eigenvalue weighted by Gasteiger charge is -2.27. The van der Waals surface area contributed by atoms with Crippen LogP contribution in [0.15, 0.2) is 88.9 Å². The summed E-state index contributed by atoms with van der Waals surface area (Å²) < 4.78 is 11.7. The van der Waals surface area contributed by atoms with E-state index in [4.69, 9.17) is 14.5 Å². The Kier molecular flexibility index (Phi) is 8.79. The van der Waals surface area contributed by atoms with E-state index in [9.17, 15) is 4.79 Å². The van der Waals surface area contributed by atoms with Gasteiger partial charge in [-0.1, -0.05) is 36.9 Å². The molecule has 0 bridgehead atoms. The highest BCUT2D eigenvalue weighted by Crippen LogP contribution is 2.27. The van der Waals surface area contributed by atoms with Crippen molar-refractivity contribution in [1.82, 2.24) is 9.80 Å². The van der Waals surface area contributed by atoms with Gasteiger partial charge < -0.3 is 24.6 Å². The van der Waals surface area contributed by atoms with Gasteiger partial charge in [0.1, 0.15) is 17.7 Å². The first-order valence-electron chi connectivity index (χ1n) is 12.9. The maximum absolute atomic E-state index is 12.7. The molecular weight excluding hydrogens is 464 g/mol. The molecule has 0 radical (unpaired) electrons. The van der Waals surface area contributed by atoms with Crippen molar-refractivity contribution in [3.8, 4) is 0 Å². The third kappa shape index (κ3) is 7.54. The average molecular weight is 503 g/mol. The number of carbonyl (C=O) groups excluding carboxylic acids is 1. The molecule has 37 heavy (non-hydrogen) atoms. The molecule has 0 unspecified atom stereocenters. The monoisotopic (exact) mass is 502 g/mol. The van der Waals surface area contributed by atoms with E-state index >= 15 is 0 Å². The van der Waals surface area contributed by atoms with E-state index in [1.807, 2.05) is 48.2 Å². The molecule has 0 aromatic heterocycles. The second-order valence-electron chi connectivity index (χ2n) is 10.0. The van der Waals surface area contributed by atoms with E-state index in [0.717, 1.165) is 59.0 Å². The number of hydrogen-bond acceptors (Lipinski definition) is 6. The molecule has 2 aliphatic heterocycles. The Morgan fingerprint density at radius 1 is 1.24 bits per heavy atom. The van der Waals surface area contributed by atoms with E-state index in [1.165, 1.54) is 0 Å². The molecule has 7 nitrogen and oxygen atoms in total. The first kappa shape index (κ1) is 26.6. The molecule has 3 aliphatic rings. The van der Waals surface area contributed by atoms with Crippen LogP contribution in [0.3, 0.4) is 0 Å². The summed E-state index contributed by atoms with van der Waals surface area (Å²) in [6.45, 7) is 16.7. The van der Waals surface area contributed by atoms with Crippen LogP contribution in [-0.4, -0.2) is 74.0 Å². The molecule has 196 valence electrons. The summed E-state index contributed by atoms with van der Waals surface area (Å²) in [5.74, 6) is 1.46. The zero-order valence-electron chi connectivity index (χ0n) is 22.3. The molecule has 2 saturated heterocycles. The zero-order valence-corrected chi connectivity index (χ0v) is 22.3. The molecule has 4 rings (SSSR count). The number of aliphatic imine (C=N–C) groups is 1. The van der Waals surface area contributed by atoms with Crippen molar-refractivity contribution in [1.29, 1.82) is 0 Å². The maximum Gasteiger partial charge on any atom is 0.227 e. The third-order valence-electron chi connectivity index (χ3n) is 6.56. The number of amides is 1. The van der Waals surface area contributed by atoms with Gasteiger partial charge in [-0.15, -0.1) is 0 Å². The van der Waals surface area contributed by atoms with Crippen LogP contribution in [0, 0.1) is 0 Å². The number of likely N-dealkylation sites (N-methyl/N-ethyl adjacent to an activating group) is 1. The molecule has 1 aliphatic carbocycles. The quantitative estimate of drug-likeness (QED) is 0.568. The summed E-state index contributed by atoms with van der Waals surface area (Å²) in [5.41, 5.74) is 5.53. The fourth-order valence-corrected chi connectivity index (χ4v) is 4.67. The first-order valence-corrected chi connectivity index (χ1v) is 12.9. The first-order chi connectivity index (χ1) is 17.8. The number of nitrogens with one attached hydrogen (secondary N) is 1. The molecule has 2 fully saturated rings. The van der Waals surface area contributed by atoms with Gasteiger partial charge in [0.05, 0.1) is 25.3 Å². The molecule has 0 saturated carbocycles. The van der Waals surface area contributed by atoms with Crippen molar-refractivity contribution in [3.63, 3.8) is 0 Å². The van der Waals surface area contributed by atoms with Crippen molar-refractivity contribution in [2.75, 3.05) is 51.8 Å².